The molecule has 0 amide bonds. The second-order valence-electron chi connectivity index (χ2n) is 1.95. The van der Waals surface area contributed by atoms with Crippen molar-refractivity contribution >= 4 is 32.7 Å². The molecule has 0 nitrogen and oxygen atoms in total. The Morgan fingerprint density at radius 3 is 2.20 bits per heavy atom. The number of hydrogen-bond donors (Lipinski definition) is 0. The molecule has 0 spiro atoms. The van der Waals surface area contributed by atoms with Gasteiger partial charge in [-0.15, -0.1) is 0 Å². The van der Waals surface area contributed by atoms with Gasteiger partial charge in [-0.3, -0.25) is 0 Å². The summed E-state index contributed by atoms with van der Waals surface area (Å²) >= 11 is -1.51. The molecule has 0 aliphatic rings. The maximum absolute atomic E-state index is 5.72. The third-order valence-electron chi connectivity index (χ3n) is 1.14. The average molecular weight is 237 g/mol. The van der Waals surface area contributed by atoms with Gasteiger partial charge in [-0.2, -0.15) is 0 Å². The van der Waals surface area contributed by atoms with Gasteiger partial charge in [0.2, 0.25) is 0 Å². The quantitative estimate of drug-likeness (QED) is 0.693. The molecule has 0 saturated carbocycles. The van der Waals surface area contributed by atoms with E-state index in [2.05, 4.69) is 0 Å². The molecule has 0 saturated heterocycles. The number of halogens is 2. The van der Waals surface area contributed by atoms with Crippen LogP contribution in [0.4, 0.5) is 0 Å². The molecule has 0 aliphatic carbocycles. The van der Waals surface area contributed by atoms with Crippen LogP contribution in [0.3, 0.4) is 0 Å². The van der Waals surface area contributed by atoms with E-state index in [-0.39, 0.29) is 0 Å². The fourth-order valence-corrected chi connectivity index (χ4v) is 3.18. The number of hydrogen-bond acceptors (Lipinski definition) is 0. The van der Waals surface area contributed by atoms with Crippen molar-refractivity contribution in [3.05, 3.63) is 35.9 Å². The predicted molar refractivity (Wildman–Crippen MR) is 47.6 cm³/mol. The van der Waals surface area contributed by atoms with Crippen molar-refractivity contribution in [2.45, 2.75) is 5.21 Å². The van der Waals surface area contributed by atoms with Gasteiger partial charge in [-0.1, -0.05) is 0 Å². The third-order valence-corrected chi connectivity index (χ3v) is 3.65. The van der Waals surface area contributed by atoms with E-state index in [1.54, 1.807) is 0 Å². The van der Waals surface area contributed by atoms with Crippen molar-refractivity contribution in [2.75, 3.05) is 0 Å². The molecule has 1 aromatic rings. The fourth-order valence-electron chi connectivity index (χ4n) is 0.721. The summed E-state index contributed by atoms with van der Waals surface area (Å²) in [4.78, 5) is 0. The Morgan fingerprint density at radius 2 is 1.70 bits per heavy atom. The molecule has 0 unspecified atom stereocenters. The van der Waals surface area contributed by atoms with Gasteiger partial charge in [-0.05, 0) is 0 Å². The van der Waals surface area contributed by atoms with E-state index in [9.17, 15) is 0 Å². The zero-order chi connectivity index (χ0) is 7.40. The molecule has 0 radical (unpaired) electrons. The standard InChI is InChI=1S/C7H7AsCl2/c9-8(10)6-7-4-2-1-3-5-7/h1-5H,6H2. The monoisotopic (exact) mass is 236 g/mol. The van der Waals surface area contributed by atoms with Gasteiger partial charge in [0.25, 0.3) is 0 Å². The van der Waals surface area contributed by atoms with Crippen LogP contribution in [0.25, 0.3) is 0 Å². The van der Waals surface area contributed by atoms with Gasteiger partial charge in [0.05, 0.1) is 0 Å². The van der Waals surface area contributed by atoms with E-state index in [1.807, 2.05) is 30.3 Å². The first kappa shape index (κ1) is 8.45. The summed E-state index contributed by atoms with van der Waals surface area (Å²) < 4.78 is 0. The molecule has 0 heterocycles. The Morgan fingerprint density at radius 1 is 1.10 bits per heavy atom. The molecule has 0 aromatic heterocycles. The number of benzene rings is 1. The molecule has 1 rings (SSSR count). The van der Waals surface area contributed by atoms with Crippen LogP contribution in [0, 0.1) is 0 Å². The van der Waals surface area contributed by atoms with Crippen LogP contribution in [0.5, 0.6) is 0 Å². The first-order chi connectivity index (χ1) is 4.79. The molecule has 3 heteroatoms. The zero-order valence-electron chi connectivity index (χ0n) is 5.30. The Bertz CT molecular complexity index is 186. The van der Waals surface area contributed by atoms with E-state index in [0.717, 1.165) is 5.21 Å². The van der Waals surface area contributed by atoms with Gasteiger partial charge < -0.3 is 0 Å². The van der Waals surface area contributed by atoms with Crippen molar-refractivity contribution in [2.24, 2.45) is 0 Å². The Balaban J connectivity index is 2.59. The first-order valence-corrected chi connectivity index (χ1v) is 9.18. The van der Waals surface area contributed by atoms with Crippen LogP contribution in [0.1, 0.15) is 5.56 Å². The number of rotatable bonds is 2. The Hall–Kier alpha value is 0.358. The Labute approximate surface area is 73.7 Å². The van der Waals surface area contributed by atoms with Crippen molar-refractivity contribution in [1.29, 1.82) is 0 Å². The Kier molecular flexibility index (Phi) is 3.62. The van der Waals surface area contributed by atoms with Gasteiger partial charge in [-0.25, -0.2) is 0 Å². The third kappa shape index (κ3) is 2.96. The van der Waals surface area contributed by atoms with Crippen LogP contribution >= 0.6 is 19.9 Å². The van der Waals surface area contributed by atoms with E-state index in [1.165, 1.54) is 5.56 Å². The molecule has 0 aliphatic heterocycles. The van der Waals surface area contributed by atoms with Gasteiger partial charge >= 0.3 is 73.8 Å². The van der Waals surface area contributed by atoms with E-state index in [0.29, 0.717) is 0 Å². The van der Waals surface area contributed by atoms with Crippen LogP contribution < -0.4 is 0 Å². The molecule has 0 fully saturated rings. The molecule has 1 aromatic carbocycles. The summed E-state index contributed by atoms with van der Waals surface area (Å²) in [5.41, 5.74) is 1.24. The summed E-state index contributed by atoms with van der Waals surface area (Å²) in [6.45, 7) is 0. The van der Waals surface area contributed by atoms with Gasteiger partial charge in [0, 0.05) is 0 Å². The summed E-state index contributed by atoms with van der Waals surface area (Å²) in [6, 6.07) is 10.1. The van der Waals surface area contributed by atoms with E-state index < -0.39 is 12.8 Å². The fraction of sp³-hybridized carbons (Fsp3) is 0.143. The summed E-state index contributed by atoms with van der Waals surface area (Å²) in [5, 5.41) is 0.872. The first-order valence-electron chi connectivity index (χ1n) is 2.92. The maximum atomic E-state index is 5.72. The van der Waals surface area contributed by atoms with E-state index >= 15 is 0 Å². The molecular weight excluding hydrogens is 230 g/mol. The van der Waals surface area contributed by atoms with Gasteiger partial charge in [0.1, 0.15) is 0 Å². The second kappa shape index (κ2) is 4.28. The SMILES string of the molecule is Cl[As](Cl)Cc1ccccc1. The molecule has 0 atom stereocenters. The topological polar surface area (TPSA) is 0 Å². The van der Waals surface area contributed by atoms with Gasteiger partial charge in [0.15, 0.2) is 0 Å². The predicted octanol–water partition coefficient (Wildman–Crippen LogP) is 2.73. The van der Waals surface area contributed by atoms with Crippen LogP contribution in [-0.4, -0.2) is 12.8 Å². The zero-order valence-corrected chi connectivity index (χ0v) is 8.69. The molecule has 10 heavy (non-hydrogen) atoms. The minimum absolute atomic E-state index is 0.872. The molecular formula is C7H7AsCl2. The van der Waals surface area contributed by atoms with Crippen molar-refractivity contribution < 1.29 is 0 Å². The van der Waals surface area contributed by atoms with Crippen LogP contribution in [0.2, 0.25) is 0 Å². The van der Waals surface area contributed by atoms with Crippen LogP contribution in [0.15, 0.2) is 30.3 Å². The van der Waals surface area contributed by atoms with E-state index in [4.69, 9.17) is 19.9 Å². The molecule has 54 valence electrons. The van der Waals surface area contributed by atoms with Crippen molar-refractivity contribution in [3.8, 4) is 0 Å². The summed E-state index contributed by atoms with van der Waals surface area (Å²) in [6.07, 6.45) is 0. The normalized spacial score (nSPS) is 10.3. The van der Waals surface area contributed by atoms with Crippen molar-refractivity contribution in [3.63, 3.8) is 0 Å². The minimum atomic E-state index is -1.51. The summed E-state index contributed by atoms with van der Waals surface area (Å²) in [7, 11) is 11.4. The summed E-state index contributed by atoms with van der Waals surface area (Å²) in [5.74, 6) is 0. The molecule has 0 bridgehead atoms. The second-order valence-corrected chi connectivity index (χ2v) is 9.02. The van der Waals surface area contributed by atoms with Crippen LogP contribution in [-0.2, 0) is 5.21 Å². The molecule has 0 N–H and O–H groups in total. The average Bonchev–Trinajstić information content (AvgIpc) is 1.88. The van der Waals surface area contributed by atoms with Crippen molar-refractivity contribution in [1.82, 2.24) is 0 Å².